The number of thiazole rings is 1. The summed E-state index contributed by atoms with van der Waals surface area (Å²) in [4.78, 5) is 13.5. The number of aliphatic imine (C=N–C) groups is 1. The lowest BCUT2D eigenvalue weighted by atomic mass is 10.1. The second kappa shape index (κ2) is 11.1. The number of thioether (sulfide) groups is 1. The molecule has 2 N–H and O–H groups in total. The van der Waals surface area contributed by atoms with E-state index in [9.17, 15) is 0 Å². The van der Waals surface area contributed by atoms with Gasteiger partial charge < -0.3 is 10.6 Å². The second-order valence-corrected chi connectivity index (χ2v) is 8.13. The van der Waals surface area contributed by atoms with Gasteiger partial charge in [0.05, 0.1) is 6.54 Å². The normalized spacial score (nSPS) is 16.7. The molecular weight excluding hydrogens is 481 g/mol. The van der Waals surface area contributed by atoms with E-state index < -0.39 is 0 Å². The molecule has 0 spiro atoms. The number of rotatable bonds is 7. The summed E-state index contributed by atoms with van der Waals surface area (Å²) in [5, 5.41) is 13.4. The summed E-state index contributed by atoms with van der Waals surface area (Å²) < 4.78 is 3.15. The molecule has 1 atom stereocenters. The molecule has 0 amide bonds. The van der Waals surface area contributed by atoms with Crippen molar-refractivity contribution in [3.63, 3.8) is 0 Å². The average Bonchev–Trinajstić information content (AvgIpc) is 3.22. The molecule has 0 saturated heterocycles. The highest BCUT2D eigenvalue weighted by Gasteiger charge is 2.21. The molecule has 1 aliphatic heterocycles. The van der Waals surface area contributed by atoms with Gasteiger partial charge >= 0.3 is 0 Å². The van der Waals surface area contributed by atoms with Crippen LogP contribution in [0.4, 0.5) is 0 Å². The molecule has 0 aliphatic carbocycles. The number of nitrogens with zero attached hydrogens (tertiary/aromatic N) is 5. The Bertz CT molecular complexity index is 687. The van der Waals surface area contributed by atoms with E-state index in [0.717, 1.165) is 66.6 Å². The van der Waals surface area contributed by atoms with Gasteiger partial charge in [0.15, 0.2) is 5.96 Å². The van der Waals surface area contributed by atoms with E-state index in [0.29, 0.717) is 6.04 Å². The molecule has 3 rings (SSSR count). The first-order valence-electron chi connectivity index (χ1n) is 8.72. The third-order valence-corrected chi connectivity index (χ3v) is 5.91. The van der Waals surface area contributed by atoms with Crippen molar-refractivity contribution in [3.8, 4) is 0 Å². The van der Waals surface area contributed by atoms with Crippen molar-refractivity contribution in [3.05, 3.63) is 23.2 Å². The van der Waals surface area contributed by atoms with Gasteiger partial charge in [0.1, 0.15) is 16.0 Å². The summed E-state index contributed by atoms with van der Waals surface area (Å²) >= 11 is 3.49. The highest BCUT2D eigenvalue weighted by atomic mass is 127. The smallest absolute Gasteiger partial charge is 0.191 e. The zero-order valence-corrected chi connectivity index (χ0v) is 19.1. The monoisotopic (exact) mass is 507 g/mol. The molecule has 2 aromatic heterocycles. The molecule has 26 heavy (non-hydrogen) atoms. The van der Waals surface area contributed by atoms with Crippen LogP contribution >= 0.6 is 47.1 Å². The molecule has 7 nitrogen and oxygen atoms in total. The van der Waals surface area contributed by atoms with E-state index in [1.54, 1.807) is 23.1 Å². The molecule has 10 heteroatoms. The molecule has 0 saturated carbocycles. The topological polar surface area (TPSA) is 80.0 Å². The summed E-state index contributed by atoms with van der Waals surface area (Å²) in [6.45, 7) is 6.56. The summed E-state index contributed by atoms with van der Waals surface area (Å²) in [5.41, 5.74) is 0. The first-order chi connectivity index (χ1) is 12.2. The highest BCUT2D eigenvalue weighted by Crippen LogP contribution is 2.20. The van der Waals surface area contributed by atoms with E-state index >= 15 is 0 Å². The van der Waals surface area contributed by atoms with Crippen LogP contribution in [0.3, 0.4) is 0 Å². The van der Waals surface area contributed by atoms with Crippen LogP contribution in [-0.2, 0) is 13.0 Å². The van der Waals surface area contributed by atoms with Crippen molar-refractivity contribution in [1.29, 1.82) is 0 Å². The molecule has 1 aliphatic rings. The third-order valence-electron chi connectivity index (χ3n) is 3.86. The van der Waals surface area contributed by atoms with Gasteiger partial charge in [0.2, 0.25) is 0 Å². The SMILES string of the molecule is CCNC(=NCCCSc1nccs1)NC1CCc2nc(C)nn2C1.I. The molecule has 0 radical (unpaired) electrons. The number of fused-ring (bicyclic) bond motifs is 1. The Labute approximate surface area is 179 Å². The summed E-state index contributed by atoms with van der Waals surface area (Å²) in [5.74, 6) is 3.89. The molecule has 3 heterocycles. The zero-order chi connectivity index (χ0) is 17.5. The van der Waals surface area contributed by atoms with Gasteiger partial charge in [-0.25, -0.2) is 14.6 Å². The predicted octanol–water partition coefficient (Wildman–Crippen LogP) is 2.71. The fraction of sp³-hybridized carbons (Fsp3) is 0.625. The number of aryl methyl sites for hydroxylation is 2. The molecule has 144 valence electrons. The van der Waals surface area contributed by atoms with Gasteiger partial charge in [-0.05, 0) is 26.7 Å². The standard InChI is InChI=1S/C16H25N7S2.HI/c1-3-17-15(18-7-4-9-24-16-19-8-10-25-16)21-13-5-6-14-20-12(2)22-23(14)11-13;/h8,10,13H,3-7,9,11H2,1-2H3,(H2,17,18,21);1H. The maximum Gasteiger partial charge on any atom is 0.191 e. The van der Waals surface area contributed by atoms with Crippen LogP contribution in [0, 0.1) is 6.92 Å². The average molecular weight is 507 g/mol. The Hall–Kier alpha value is -0.880. The molecule has 0 aromatic carbocycles. The van der Waals surface area contributed by atoms with Crippen molar-refractivity contribution < 1.29 is 0 Å². The summed E-state index contributed by atoms with van der Waals surface area (Å²) in [6, 6.07) is 0.344. The van der Waals surface area contributed by atoms with E-state index in [4.69, 9.17) is 4.99 Å². The number of aromatic nitrogens is 4. The van der Waals surface area contributed by atoms with E-state index in [2.05, 4.69) is 32.6 Å². The van der Waals surface area contributed by atoms with Crippen LogP contribution in [0.25, 0.3) is 0 Å². The minimum absolute atomic E-state index is 0. The van der Waals surface area contributed by atoms with Crippen molar-refractivity contribution in [2.45, 2.75) is 50.0 Å². The van der Waals surface area contributed by atoms with E-state index in [1.807, 2.05) is 23.2 Å². The Morgan fingerprint density at radius 3 is 3.15 bits per heavy atom. The fourth-order valence-corrected chi connectivity index (χ4v) is 4.39. The molecular formula is C16H26IN7S2. The van der Waals surface area contributed by atoms with Gasteiger partial charge in [0.25, 0.3) is 0 Å². The number of guanidine groups is 1. The van der Waals surface area contributed by atoms with Gasteiger partial charge in [0, 0.05) is 42.9 Å². The lowest BCUT2D eigenvalue weighted by Crippen LogP contribution is -2.47. The van der Waals surface area contributed by atoms with Gasteiger partial charge in [-0.15, -0.1) is 35.3 Å². The zero-order valence-electron chi connectivity index (χ0n) is 15.1. The summed E-state index contributed by atoms with van der Waals surface area (Å²) in [7, 11) is 0. The Morgan fingerprint density at radius 2 is 2.38 bits per heavy atom. The van der Waals surface area contributed by atoms with E-state index in [-0.39, 0.29) is 24.0 Å². The number of halogens is 1. The first-order valence-corrected chi connectivity index (χ1v) is 10.6. The molecule has 1 unspecified atom stereocenters. The van der Waals surface area contributed by atoms with Gasteiger partial charge in [-0.1, -0.05) is 11.8 Å². The highest BCUT2D eigenvalue weighted by molar-refractivity contribution is 14.0. The second-order valence-electron chi connectivity index (χ2n) is 5.90. The number of hydrogen-bond acceptors (Lipinski definition) is 6. The van der Waals surface area contributed by atoms with Gasteiger partial charge in [-0.3, -0.25) is 4.99 Å². The van der Waals surface area contributed by atoms with Crippen LogP contribution < -0.4 is 10.6 Å². The quantitative estimate of drug-likeness (QED) is 0.197. The fourth-order valence-electron chi connectivity index (χ4n) is 2.76. The Morgan fingerprint density at radius 1 is 1.50 bits per heavy atom. The van der Waals surface area contributed by atoms with Crippen LogP contribution in [0.15, 0.2) is 20.9 Å². The van der Waals surface area contributed by atoms with Crippen molar-refractivity contribution in [2.75, 3.05) is 18.8 Å². The predicted molar refractivity (Wildman–Crippen MR) is 119 cm³/mol. The maximum absolute atomic E-state index is 4.71. The van der Waals surface area contributed by atoms with Crippen LogP contribution in [0.2, 0.25) is 0 Å². The van der Waals surface area contributed by atoms with Crippen molar-refractivity contribution in [1.82, 2.24) is 30.4 Å². The molecule has 2 aromatic rings. The first kappa shape index (κ1) is 21.4. The maximum atomic E-state index is 4.71. The van der Waals surface area contributed by atoms with Crippen LogP contribution in [-0.4, -0.2) is 50.6 Å². The number of nitrogens with one attached hydrogen (secondary N) is 2. The lowest BCUT2D eigenvalue weighted by molar-refractivity contribution is 0.392. The largest absolute Gasteiger partial charge is 0.357 e. The minimum atomic E-state index is 0. The molecule has 0 fully saturated rings. The minimum Gasteiger partial charge on any atom is -0.357 e. The van der Waals surface area contributed by atoms with Crippen LogP contribution in [0.1, 0.15) is 31.4 Å². The van der Waals surface area contributed by atoms with Crippen LogP contribution in [0.5, 0.6) is 0 Å². The van der Waals surface area contributed by atoms with Crippen molar-refractivity contribution in [2.24, 2.45) is 4.99 Å². The Kier molecular flexibility index (Phi) is 9.12. The van der Waals surface area contributed by atoms with Gasteiger partial charge in [-0.2, -0.15) is 5.10 Å². The third kappa shape index (κ3) is 6.38. The van der Waals surface area contributed by atoms with E-state index in [1.165, 1.54) is 0 Å². The lowest BCUT2D eigenvalue weighted by Gasteiger charge is -2.25. The Balaban J connectivity index is 0.00000243. The molecule has 0 bridgehead atoms. The van der Waals surface area contributed by atoms with Crippen molar-refractivity contribution >= 4 is 53.0 Å². The number of hydrogen-bond donors (Lipinski definition) is 2. The summed E-state index contributed by atoms with van der Waals surface area (Å²) in [6.07, 6.45) is 4.91.